The first-order chi connectivity index (χ1) is 15.8. The van der Waals surface area contributed by atoms with E-state index in [0.717, 1.165) is 16.4 Å². The molecule has 0 saturated carbocycles. The number of benzene rings is 3. The largest absolute Gasteiger partial charge is 0.322 e. The van der Waals surface area contributed by atoms with E-state index >= 15 is 0 Å². The summed E-state index contributed by atoms with van der Waals surface area (Å²) >= 11 is 5.99. The summed E-state index contributed by atoms with van der Waals surface area (Å²) in [6, 6.07) is 19.3. The van der Waals surface area contributed by atoms with Gasteiger partial charge in [-0.05, 0) is 67.1 Å². The van der Waals surface area contributed by atoms with E-state index in [0.29, 0.717) is 29.4 Å². The van der Waals surface area contributed by atoms with Crippen molar-refractivity contribution >= 4 is 50.5 Å². The molecule has 0 spiro atoms. The minimum Gasteiger partial charge on any atom is -0.322 e. The second kappa shape index (κ2) is 9.25. The van der Waals surface area contributed by atoms with Crippen molar-refractivity contribution in [1.29, 1.82) is 0 Å². The molecule has 1 N–H and O–H groups in total. The number of anilines is 3. The van der Waals surface area contributed by atoms with Gasteiger partial charge in [-0.15, -0.1) is 0 Å². The molecule has 0 aliphatic carbocycles. The molecule has 3 aromatic rings. The van der Waals surface area contributed by atoms with E-state index in [-0.39, 0.29) is 16.4 Å². The third-order valence-corrected chi connectivity index (χ3v) is 7.45. The van der Waals surface area contributed by atoms with Crippen LogP contribution in [0.4, 0.5) is 17.1 Å². The third kappa shape index (κ3) is 4.86. The predicted molar refractivity (Wildman–Crippen MR) is 129 cm³/mol. The Labute approximate surface area is 197 Å². The van der Waals surface area contributed by atoms with E-state index in [1.54, 1.807) is 59.5 Å². The quantitative estimate of drug-likeness (QED) is 0.557. The monoisotopic (exact) mass is 483 g/mol. The molecule has 0 aromatic heterocycles. The van der Waals surface area contributed by atoms with Crippen LogP contribution in [0.2, 0.25) is 5.02 Å². The lowest BCUT2D eigenvalue weighted by atomic mass is 10.2. The van der Waals surface area contributed by atoms with Crippen LogP contribution in [0.15, 0.2) is 77.7 Å². The first kappa shape index (κ1) is 22.8. The lowest BCUT2D eigenvalue weighted by molar-refractivity contribution is -0.117. The molecule has 170 valence electrons. The predicted octanol–water partition coefficient (Wildman–Crippen LogP) is 4.54. The summed E-state index contributed by atoms with van der Waals surface area (Å²) in [6.45, 7) is 0.690. The van der Waals surface area contributed by atoms with Crippen molar-refractivity contribution in [3.63, 3.8) is 0 Å². The number of sulfonamides is 1. The molecule has 1 saturated heterocycles. The first-order valence-corrected chi connectivity index (χ1v) is 12.1. The van der Waals surface area contributed by atoms with Crippen LogP contribution in [0, 0.1) is 0 Å². The van der Waals surface area contributed by atoms with Crippen LogP contribution in [0.25, 0.3) is 0 Å². The normalized spacial score (nSPS) is 13.8. The number of hydrogen-bond acceptors (Lipinski definition) is 4. The van der Waals surface area contributed by atoms with Crippen molar-refractivity contribution < 1.29 is 18.0 Å². The van der Waals surface area contributed by atoms with Crippen LogP contribution >= 0.6 is 11.6 Å². The van der Waals surface area contributed by atoms with Crippen molar-refractivity contribution in [3.8, 4) is 0 Å². The van der Waals surface area contributed by atoms with E-state index in [9.17, 15) is 18.0 Å². The zero-order valence-corrected chi connectivity index (χ0v) is 19.4. The number of nitrogens with one attached hydrogen (secondary N) is 1. The average molecular weight is 484 g/mol. The molecule has 1 fully saturated rings. The fourth-order valence-electron chi connectivity index (χ4n) is 3.62. The summed E-state index contributed by atoms with van der Waals surface area (Å²) in [5, 5.41) is 3.19. The van der Waals surface area contributed by atoms with Crippen LogP contribution < -0.4 is 14.5 Å². The maximum absolute atomic E-state index is 13.1. The summed E-state index contributed by atoms with van der Waals surface area (Å²) in [6.07, 6.45) is 1.38. The second-order valence-electron chi connectivity index (χ2n) is 7.63. The standard InChI is InChI=1S/C24H22ClN3O4S/c1-27(21-7-3-6-18(25)16-21)33(31,32)22-8-2-5-17(15-22)24(30)26-19-10-12-20(13-11-19)28-14-4-9-23(28)29/h2-3,5-8,10-13,15-16H,4,9,14H2,1H3,(H,26,30). The Morgan fingerprint density at radius 3 is 2.42 bits per heavy atom. The van der Waals surface area contributed by atoms with Gasteiger partial charge in [0.15, 0.2) is 0 Å². The van der Waals surface area contributed by atoms with Gasteiger partial charge in [-0.25, -0.2) is 8.42 Å². The Bertz CT molecular complexity index is 1310. The molecule has 0 unspecified atom stereocenters. The van der Waals surface area contributed by atoms with Gasteiger partial charge < -0.3 is 10.2 Å². The van der Waals surface area contributed by atoms with Gasteiger partial charge in [-0.2, -0.15) is 0 Å². The highest BCUT2D eigenvalue weighted by Crippen LogP contribution is 2.26. The van der Waals surface area contributed by atoms with Crippen molar-refractivity contribution in [2.45, 2.75) is 17.7 Å². The lowest BCUT2D eigenvalue weighted by Gasteiger charge is -2.20. The van der Waals surface area contributed by atoms with Gasteiger partial charge in [0.1, 0.15) is 0 Å². The molecule has 1 aliphatic heterocycles. The van der Waals surface area contributed by atoms with Gasteiger partial charge in [0, 0.05) is 42.0 Å². The molecule has 0 radical (unpaired) electrons. The van der Waals surface area contributed by atoms with E-state index in [4.69, 9.17) is 11.6 Å². The van der Waals surface area contributed by atoms with Crippen LogP contribution in [0.1, 0.15) is 23.2 Å². The van der Waals surface area contributed by atoms with E-state index in [1.807, 2.05) is 0 Å². The molecule has 2 amide bonds. The van der Waals surface area contributed by atoms with Gasteiger partial charge in [0.25, 0.3) is 15.9 Å². The fraction of sp³-hybridized carbons (Fsp3) is 0.167. The molecule has 1 aliphatic rings. The molecular weight excluding hydrogens is 462 g/mol. The van der Waals surface area contributed by atoms with E-state index in [1.165, 1.54) is 25.2 Å². The topological polar surface area (TPSA) is 86.8 Å². The molecule has 7 nitrogen and oxygen atoms in total. The summed E-state index contributed by atoms with van der Waals surface area (Å²) in [7, 11) is -2.47. The van der Waals surface area contributed by atoms with Gasteiger partial charge in [-0.1, -0.05) is 23.7 Å². The minimum atomic E-state index is -3.90. The van der Waals surface area contributed by atoms with Crippen LogP contribution in [0.3, 0.4) is 0 Å². The minimum absolute atomic E-state index is 0.0134. The zero-order chi connectivity index (χ0) is 23.6. The van der Waals surface area contributed by atoms with Crippen molar-refractivity contribution in [2.24, 2.45) is 0 Å². The molecule has 0 atom stereocenters. The van der Waals surface area contributed by atoms with Gasteiger partial charge >= 0.3 is 0 Å². The van der Waals surface area contributed by atoms with Gasteiger partial charge in [-0.3, -0.25) is 13.9 Å². The molecule has 33 heavy (non-hydrogen) atoms. The Morgan fingerprint density at radius 1 is 1.03 bits per heavy atom. The highest BCUT2D eigenvalue weighted by molar-refractivity contribution is 7.92. The summed E-state index contributed by atoms with van der Waals surface area (Å²) in [5.41, 5.74) is 1.94. The number of amides is 2. The van der Waals surface area contributed by atoms with Crippen molar-refractivity contribution in [3.05, 3.63) is 83.4 Å². The summed E-state index contributed by atoms with van der Waals surface area (Å²) in [4.78, 5) is 26.4. The van der Waals surface area contributed by atoms with Crippen LogP contribution in [-0.2, 0) is 14.8 Å². The molecule has 3 aromatic carbocycles. The van der Waals surface area contributed by atoms with Gasteiger partial charge in [0.05, 0.1) is 10.6 Å². The lowest BCUT2D eigenvalue weighted by Crippen LogP contribution is -2.26. The second-order valence-corrected chi connectivity index (χ2v) is 10.0. The number of carbonyl (C=O) groups excluding carboxylic acids is 2. The number of carbonyl (C=O) groups is 2. The van der Waals surface area contributed by atoms with E-state index in [2.05, 4.69) is 5.32 Å². The molecule has 0 bridgehead atoms. The number of halogens is 1. The van der Waals surface area contributed by atoms with Crippen molar-refractivity contribution in [1.82, 2.24) is 0 Å². The highest BCUT2D eigenvalue weighted by Gasteiger charge is 2.23. The SMILES string of the molecule is CN(c1cccc(Cl)c1)S(=O)(=O)c1cccc(C(=O)Nc2ccc(N3CCCC3=O)cc2)c1. The first-order valence-electron chi connectivity index (χ1n) is 10.3. The number of rotatable bonds is 6. The maximum atomic E-state index is 13.1. The van der Waals surface area contributed by atoms with Crippen molar-refractivity contribution in [2.75, 3.05) is 28.1 Å². The smallest absolute Gasteiger partial charge is 0.264 e. The van der Waals surface area contributed by atoms with Crippen LogP contribution in [0.5, 0.6) is 0 Å². The molecular formula is C24H22ClN3O4S. The number of hydrogen-bond donors (Lipinski definition) is 1. The Kier molecular flexibility index (Phi) is 6.40. The summed E-state index contributed by atoms with van der Waals surface area (Å²) < 4.78 is 27.3. The van der Waals surface area contributed by atoms with Crippen LogP contribution in [-0.4, -0.2) is 33.8 Å². The highest BCUT2D eigenvalue weighted by atomic mass is 35.5. The maximum Gasteiger partial charge on any atom is 0.264 e. The molecule has 4 rings (SSSR count). The van der Waals surface area contributed by atoms with Gasteiger partial charge in [0.2, 0.25) is 5.91 Å². The summed E-state index contributed by atoms with van der Waals surface area (Å²) in [5.74, 6) is -0.352. The Balaban J connectivity index is 1.51. The average Bonchev–Trinajstić information content (AvgIpc) is 3.25. The Morgan fingerprint density at radius 2 is 1.76 bits per heavy atom. The third-order valence-electron chi connectivity index (χ3n) is 5.44. The fourth-order valence-corrected chi connectivity index (χ4v) is 5.03. The Hall–Kier alpha value is -3.36. The molecule has 9 heteroatoms. The molecule has 1 heterocycles. The zero-order valence-electron chi connectivity index (χ0n) is 17.9. The van der Waals surface area contributed by atoms with E-state index < -0.39 is 15.9 Å². The number of nitrogens with zero attached hydrogens (tertiary/aromatic N) is 2.